The van der Waals surface area contributed by atoms with Gasteiger partial charge in [0.1, 0.15) is 5.75 Å². The standard InChI is InChI=1S/C24H27NO4/c1-24(2)12-18-23(19(26)13-24)22(14-7-6-8-15(9-14)27-3)16-10-20(28-4)21(29-5)11-17(16)25-18/h6-11,22,25H,12-13H2,1-5H3/t22-/m0/s1. The van der Waals surface area contributed by atoms with Crippen LogP contribution in [0.3, 0.4) is 0 Å². The predicted molar refractivity (Wildman–Crippen MR) is 113 cm³/mol. The molecular weight excluding hydrogens is 366 g/mol. The van der Waals surface area contributed by atoms with Crippen molar-refractivity contribution in [1.29, 1.82) is 0 Å². The third-order valence-corrected chi connectivity index (χ3v) is 5.79. The molecule has 2 aromatic rings. The zero-order chi connectivity index (χ0) is 20.8. The summed E-state index contributed by atoms with van der Waals surface area (Å²) < 4.78 is 16.5. The Morgan fingerprint density at radius 2 is 1.69 bits per heavy atom. The Bertz CT molecular complexity index is 1010. The topological polar surface area (TPSA) is 56.8 Å². The molecule has 0 aromatic heterocycles. The van der Waals surface area contributed by atoms with Crippen molar-refractivity contribution in [3.05, 3.63) is 58.8 Å². The summed E-state index contributed by atoms with van der Waals surface area (Å²) in [5, 5.41) is 3.53. The average Bonchev–Trinajstić information content (AvgIpc) is 2.70. The molecule has 2 aromatic carbocycles. The summed E-state index contributed by atoms with van der Waals surface area (Å²) in [6.45, 7) is 4.28. The first kappa shape index (κ1) is 19.4. The van der Waals surface area contributed by atoms with E-state index in [4.69, 9.17) is 14.2 Å². The van der Waals surface area contributed by atoms with Crippen LogP contribution in [0.4, 0.5) is 5.69 Å². The summed E-state index contributed by atoms with van der Waals surface area (Å²) in [4.78, 5) is 13.3. The van der Waals surface area contributed by atoms with Gasteiger partial charge in [-0.1, -0.05) is 26.0 Å². The molecule has 0 fully saturated rings. The number of anilines is 1. The number of Topliss-reactive ketones (excluding diaryl/α,β-unsaturated/α-hetero) is 1. The minimum Gasteiger partial charge on any atom is -0.497 e. The van der Waals surface area contributed by atoms with Crippen LogP contribution in [0.2, 0.25) is 0 Å². The lowest BCUT2D eigenvalue weighted by Crippen LogP contribution is -2.33. The van der Waals surface area contributed by atoms with Crippen LogP contribution in [0.25, 0.3) is 0 Å². The van der Waals surface area contributed by atoms with Crippen molar-refractivity contribution in [2.45, 2.75) is 32.6 Å². The number of ketones is 1. The van der Waals surface area contributed by atoms with Gasteiger partial charge in [-0.15, -0.1) is 0 Å². The van der Waals surface area contributed by atoms with Crippen LogP contribution >= 0.6 is 0 Å². The Labute approximate surface area is 171 Å². The van der Waals surface area contributed by atoms with Crippen molar-refractivity contribution < 1.29 is 19.0 Å². The van der Waals surface area contributed by atoms with Gasteiger partial charge in [0.15, 0.2) is 17.3 Å². The highest BCUT2D eigenvalue weighted by molar-refractivity contribution is 6.01. The molecule has 5 heteroatoms. The summed E-state index contributed by atoms with van der Waals surface area (Å²) in [6, 6.07) is 11.9. The first-order chi connectivity index (χ1) is 13.9. The molecule has 2 aliphatic rings. The van der Waals surface area contributed by atoms with Crippen molar-refractivity contribution in [2.75, 3.05) is 26.6 Å². The molecule has 29 heavy (non-hydrogen) atoms. The van der Waals surface area contributed by atoms with Crippen LogP contribution in [0.1, 0.15) is 43.7 Å². The molecule has 1 atom stereocenters. The monoisotopic (exact) mass is 393 g/mol. The number of carbonyl (C=O) groups is 1. The zero-order valence-electron chi connectivity index (χ0n) is 17.6. The van der Waals surface area contributed by atoms with E-state index >= 15 is 0 Å². The number of hydrogen-bond donors (Lipinski definition) is 1. The number of hydrogen-bond acceptors (Lipinski definition) is 5. The molecule has 1 heterocycles. The van der Waals surface area contributed by atoms with E-state index in [9.17, 15) is 4.79 Å². The fraction of sp³-hybridized carbons (Fsp3) is 0.375. The van der Waals surface area contributed by atoms with E-state index in [1.807, 2.05) is 30.3 Å². The summed E-state index contributed by atoms with van der Waals surface area (Å²) in [6.07, 6.45) is 1.36. The molecule has 0 bridgehead atoms. The Morgan fingerprint density at radius 1 is 0.966 bits per heavy atom. The van der Waals surface area contributed by atoms with Gasteiger partial charge in [-0.25, -0.2) is 0 Å². The molecule has 0 spiro atoms. The van der Waals surface area contributed by atoms with E-state index < -0.39 is 0 Å². The van der Waals surface area contributed by atoms with E-state index in [0.29, 0.717) is 17.9 Å². The number of carbonyl (C=O) groups excluding carboxylic acids is 1. The maximum Gasteiger partial charge on any atom is 0.162 e. The summed E-state index contributed by atoms with van der Waals surface area (Å²) in [5.41, 5.74) is 4.74. The third-order valence-electron chi connectivity index (χ3n) is 5.79. The molecule has 1 N–H and O–H groups in total. The van der Waals surface area contributed by atoms with Crippen molar-refractivity contribution >= 4 is 11.5 Å². The third kappa shape index (κ3) is 3.35. The molecule has 152 valence electrons. The lowest BCUT2D eigenvalue weighted by Gasteiger charge is -2.39. The van der Waals surface area contributed by atoms with Crippen LogP contribution < -0.4 is 19.5 Å². The molecule has 4 rings (SSSR count). The molecule has 0 radical (unpaired) electrons. The first-order valence-corrected chi connectivity index (χ1v) is 9.80. The number of benzene rings is 2. The minimum atomic E-state index is -0.181. The highest BCUT2D eigenvalue weighted by Gasteiger charge is 2.41. The average molecular weight is 393 g/mol. The minimum absolute atomic E-state index is 0.0735. The first-order valence-electron chi connectivity index (χ1n) is 9.80. The van der Waals surface area contributed by atoms with Crippen molar-refractivity contribution in [3.63, 3.8) is 0 Å². The van der Waals surface area contributed by atoms with Gasteiger partial charge in [-0.3, -0.25) is 4.79 Å². The summed E-state index contributed by atoms with van der Waals surface area (Å²) in [7, 11) is 4.91. The second kappa shape index (κ2) is 7.14. The molecule has 0 amide bonds. The highest BCUT2D eigenvalue weighted by atomic mass is 16.5. The number of fused-ring (bicyclic) bond motifs is 1. The van der Waals surface area contributed by atoms with Gasteiger partial charge in [-0.05, 0) is 41.2 Å². The van der Waals surface area contributed by atoms with Gasteiger partial charge in [0, 0.05) is 35.4 Å². The number of methoxy groups -OCH3 is 3. The van der Waals surface area contributed by atoms with Gasteiger partial charge in [0.2, 0.25) is 0 Å². The number of allylic oxidation sites excluding steroid dienone is 2. The van der Waals surface area contributed by atoms with Crippen molar-refractivity contribution in [3.8, 4) is 17.2 Å². The van der Waals surface area contributed by atoms with Crippen LogP contribution in [0.5, 0.6) is 17.2 Å². The maximum atomic E-state index is 13.3. The highest BCUT2D eigenvalue weighted by Crippen LogP contribution is 2.51. The SMILES string of the molecule is COc1cccc([C@@H]2C3=C(CC(C)(C)CC3=O)Nc3cc(OC)c(OC)cc32)c1. The van der Waals surface area contributed by atoms with Crippen LogP contribution in [-0.2, 0) is 4.79 Å². The number of ether oxygens (including phenoxy) is 3. The quantitative estimate of drug-likeness (QED) is 0.800. The molecule has 5 nitrogen and oxygen atoms in total. The molecule has 0 unspecified atom stereocenters. The molecule has 1 aliphatic heterocycles. The van der Waals surface area contributed by atoms with E-state index in [2.05, 4.69) is 25.2 Å². The predicted octanol–water partition coefficient (Wildman–Crippen LogP) is 4.91. The molecule has 0 saturated carbocycles. The van der Waals surface area contributed by atoms with E-state index in [1.54, 1.807) is 21.3 Å². The van der Waals surface area contributed by atoms with Gasteiger partial charge >= 0.3 is 0 Å². The van der Waals surface area contributed by atoms with Crippen LogP contribution in [-0.4, -0.2) is 27.1 Å². The molecule has 0 saturated heterocycles. The second-order valence-corrected chi connectivity index (χ2v) is 8.46. The zero-order valence-corrected chi connectivity index (χ0v) is 17.6. The van der Waals surface area contributed by atoms with Gasteiger partial charge in [0.25, 0.3) is 0 Å². The van der Waals surface area contributed by atoms with Gasteiger partial charge < -0.3 is 19.5 Å². The molecule has 1 aliphatic carbocycles. The second-order valence-electron chi connectivity index (χ2n) is 8.46. The van der Waals surface area contributed by atoms with Crippen molar-refractivity contribution in [1.82, 2.24) is 0 Å². The Morgan fingerprint density at radius 3 is 2.38 bits per heavy atom. The van der Waals surface area contributed by atoms with E-state index in [0.717, 1.165) is 40.3 Å². The Balaban J connectivity index is 1.96. The maximum absolute atomic E-state index is 13.3. The van der Waals surface area contributed by atoms with Gasteiger partial charge in [0.05, 0.1) is 21.3 Å². The number of rotatable bonds is 4. The van der Waals surface area contributed by atoms with Gasteiger partial charge in [-0.2, -0.15) is 0 Å². The fourth-order valence-electron chi connectivity index (χ4n) is 4.51. The lowest BCUT2D eigenvalue weighted by atomic mass is 9.68. The van der Waals surface area contributed by atoms with Crippen LogP contribution in [0.15, 0.2) is 47.7 Å². The number of nitrogens with one attached hydrogen (secondary N) is 1. The summed E-state index contributed by atoms with van der Waals surface area (Å²) >= 11 is 0. The Hall–Kier alpha value is -2.95. The summed E-state index contributed by atoms with van der Waals surface area (Å²) in [5.74, 6) is 2.09. The van der Waals surface area contributed by atoms with Crippen molar-refractivity contribution in [2.24, 2.45) is 5.41 Å². The molecular formula is C24H27NO4. The van der Waals surface area contributed by atoms with E-state index in [-0.39, 0.29) is 17.1 Å². The Kier molecular flexibility index (Phi) is 4.77. The van der Waals surface area contributed by atoms with Crippen LogP contribution in [0, 0.1) is 5.41 Å². The normalized spacial score (nSPS) is 19.8. The smallest absolute Gasteiger partial charge is 0.162 e. The lowest BCUT2D eigenvalue weighted by molar-refractivity contribution is -0.118. The van der Waals surface area contributed by atoms with E-state index in [1.165, 1.54) is 0 Å². The fourth-order valence-corrected chi connectivity index (χ4v) is 4.51. The largest absolute Gasteiger partial charge is 0.497 e.